The van der Waals surface area contributed by atoms with Crippen LogP contribution in [-0.4, -0.2) is 22.3 Å². The van der Waals surface area contributed by atoms with Crippen molar-refractivity contribution in [2.75, 3.05) is 6.54 Å². The average molecular weight is 497 g/mol. The average Bonchev–Trinajstić information content (AvgIpc) is 3.38. The van der Waals surface area contributed by atoms with Gasteiger partial charge >= 0.3 is 0 Å². The summed E-state index contributed by atoms with van der Waals surface area (Å²) in [6.45, 7) is 1.07. The topological polar surface area (TPSA) is 45.3 Å². The van der Waals surface area contributed by atoms with Crippen LogP contribution in [0.25, 0.3) is 21.7 Å². The lowest BCUT2D eigenvalue weighted by Crippen LogP contribution is -2.32. The number of carbonyl (C=O) groups is 1. The number of aromatic amines is 1. The Balaban J connectivity index is 1.30. The van der Waals surface area contributed by atoms with Crippen LogP contribution in [0.4, 0.5) is 0 Å². The molecule has 4 heteroatoms. The van der Waals surface area contributed by atoms with Crippen molar-refractivity contribution in [2.45, 2.75) is 13.0 Å². The van der Waals surface area contributed by atoms with E-state index in [0.29, 0.717) is 13.1 Å². The molecule has 1 aromatic heterocycles. The zero-order valence-corrected chi connectivity index (χ0v) is 21.0. The quantitative estimate of drug-likeness (QED) is 0.232. The molecule has 0 saturated heterocycles. The van der Waals surface area contributed by atoms with Crippen LogP contribution in [0.1, 0.15) is 21.5 Å². The molecule has 6 aromatic rings. The van der Waals surface area contributed by atoms with Gasteiger partial charge in [-0.05, 0) is 64.7 Å². The van der Waals surface area contributed by atoms with Crippen LogP contribution in [0.5, 0.6) is 11.5 Å². The molecule has 1 N–H and O–H groups in total. The van der Waals surface area contributed by atoms with Gasteiger partial charge in [-0.3, -0.25) is 4.79 Å². The number of amides is 1. The molecule has 0 unspecified atom stereocenters. The number of carbonyl (C=O) groups excluding carboxylic acids is 1. The molecule has 38 heavy (non-hydrogen) atoms. The summed E-state index contributed by atoms with van der Waals surface area (Å²) in [5.74, 6) is 1.56. The van der Waals surface area contributed by atoms with Gasteiger partial charge in [-0.1, -0.05) is 84.9 Å². The molecule has 1 heterocycles. The van der Waals surface area contributed by atoms with Crippen molar-refractivity contribution < 1.29 is 9.53 Å². The smallest absolute Gasteiger partial charge is 0.254 e. The first-order chi connectivity index (χ1) is 18.7. The Hall–Kier alpha value is -4.83. The van der Waals surface area contributed by atoms with Crippen molar-refractivity contribution >= 4 is 27.6 Å². The largest absolute Gasteiger partial charge is 0.457 e. The van der Waals surface area contributed by atoms with E-state index in [1.54, 1.807) is 0 Å². The number of H-pyrrole nitrogens is 1. The molecule has 186 valence electrons. The van der Waals surface area contributed by atoms with E-state index in [4.69, 9.17) is 4.74 Å². The number of aromatic nitrogens is 1. The maximum absolute atomic E-state index is 14.0. The molecule has 0 atom stereocenters. The molecule has 0 fully saturated rings. The molecule has 0 aliphatic carbocycles. The molecule has 0 aliphatic rings. The molecule has 0 bridgehead atoms. The Morgan fingerprint density at radius 1 is 0.711 bits per heavy atom. The highest BCUT2D eigenvalue weighted by molar-refractivity contribution is 6.07. The number of benzene rings is 5. The predicted octanol–water partition coefficient (Wildman–Crippen LogP) is 8.00. The highest BCUT2D eigenvalue weighted by Gasteiger charge is 2.19. The molecule has 4 nitrogen and oxygen atoms in total. The summed E-state index contributed by atoms with van der Waals surface area (Å²) in [5.41, 5.74) is 4.06. The fourth-order valence-corrected chi connectivity index (χ4v) is 4.98. The van der Waals surface area contributed by atoms with Crippen molar-refractivity contribution in [3.63, 3.8) is 0 Å². The van der Waals surface area contributed by atoms with Crippen LogP contribution >= 0.6 is 0 Å². The zero-order valence-electron chi connectivity index (χ0n) is 21.0. The van der Waals surface area contributed by atoms with Crippen LogP contribution < -0.4 is 4.74 Å². The van der Waals surface area contributed by atoms with E-state index in [1.807, 2.05) is 108 Å². The molecule has 5 aromatic carbocycles. The number of hydrogen-bond donors (Lipinski definition) is 1. The number of ether oxygens (including phenoxy) is 1. The first-order valence-corrected chi connectivity index (χ1v) is 12.9. The molecular weight excluding hydrogens is 468 g/mol. The molecule has 0 saturated carbocycles. The van der Waals surface area contributed by atoms with Gasteiger partial charge in [-0.25, -0.2) is 0 Å². The summed E-state index contributed by atoms with van der Waals surface area (Å²) in [6, 6.07) is 40.0. The Kier molecular flexibility index (Phi) is 6.60. The van der Waals surface area contributed by atoms with Crippen molar-refractivity contribution in [1.29, 1.82) is 0 Å². The third-order valence-electron chi connectivity index (χ3n) is 6.88. The maximum atomic E-state index is 14.0. The van der Waals surface area contributed by atoms with E-state index in [9.17, 15) is 4.79 Å². The first kappa shape index (κ1) is 23.6. The lowest BCUT2D eigenvalue weighted by molar-refractivity contribution is 0.0747. The highest BCUT2D eigenvalue weighted by Crippen LogP contribution is 2.25. The second kappa shape index (κ2) is 10.7. The van der Waals surface area contributed by atoms with Crippen molar-refractivity contribution in [2.24, 2.45) is 0 Å². The van der Waals surface area contributed by atoms with Gasteiger partial charge in [0.2, 0.25) is 0 Å². The van der Waals surface area contributed by atoms with Gasteiger partial charge in [0, 0.05) is 35.8 Å². The van der Waals surface area contributed by atoms with E-state index in [1.165, 1.54) is 10.9 Å². The molecule has 0 radical (unpaired) electrons. The number of rotatable bonds is 8. The second-order valence-electron chi connectivity index (χ2n) is 9.43. The standard InChI is InChI=1S/C34H28N2O2/c37-34(32-18-9-12-26-11-4-5-16-30(26)32)36(21-20-27-23-35-33-19-7-6-17-31(27)33)24-25-10-8-15-29(22-25)38-28-13-2-1-3-14-28/h1-19,22-23,35H,20-21,24H2. The molecule has 0 aliphatic heterocycles. The Morgan fingerprint density at radius 2 is 1.42 bits per heavy atom. The van der Waals surface area contributed by atoms with Gasteiger partial charge in [0.25, 0.3) is 5.91 Å². The van der Waals surface area contributed by atoms with Gasteiger partial charge in [0.15, 0.2) is 0 Å². The number of para-hydroxylation sites is 2. The summed E-state index contributed by atoms with van der Waals surface area (Å²) in [5, 5.41) is 3.23. The monoisotopic (exact) mass is 496 g/mol. The summed E-state index contributed by atoms with van der Waals surface area (Å²) < 4.78 is 6.06. The minimum absolute atomic E-state index is 0.0241. The Bertz CT molecular complexity index is 1700. The van der Waals surface area contributed by atoms with Crippen LogP contribution in [0.15, 0.2) is 128 Å². The summed E-state index contributed by atoms with van der Waals surface area (Å²) in [4.78, 5) is 19.4. The van der Waals surface area contributed by atoms with E-state index in [0.717, 1.165) is 45.3 Å². The van der Waals surface area contributed by atoms with Gasteiger partial charge in [-0.15, -0.1) is 0 Å². The van der Waals surface area contributed by atoms with E-state index in [2.05, 4.69) is 29.4 Å². The van der Waals surface area contributed by atoms with Crippen molar-refractivity contribution in [3.8, 4) is 11.5 Å². The third-order valence-corrected chi connectivity index (χ3v) is 6.88. The van der Waals surface area contributed by atoms with Gasteiger partial charge in [-0.2, -0.15) is 0 Å². The lowest BCUT2D eigenvalue weighted by Gasteiger charge is -2.24. The van der Waals surface area contributed by atoms with E-state index in [-0.39, 0.29) is 5.91 Å². The fourth-order valence-electron chi connectivity index (χ4n) is 4.98. The molecule has 6 rings (SSSR count). The number of nitrogens with zero attached hydrogens (tertiary/aromatic N) is 1. The maximum Gasteiger partial charge on any atom is 0.254 e. The lowest BCUT2D eigenvalue weighted by atomic mass is 10.0. The fraction of sp³-hybridized carbons (Fsp3) is 0.0882. The normalized spacial score (nSPS) is 11.1. The van der Waals surface area contributed by atoms with Gasteiger partial charge in [0.05, 0.1) is 0 Å². The Labute approximate surface area is 222 Å². The van der Waals surface area contributed by atoms with Crippen molar-refractivity contribution in [1.82, 2.24) is 9.88 Å². The van der Waals surface area contributed by atoms with Crippen LogP contribution in [0, 0.1) is 0 Å². The van der Waals surface area contributed by atoms with Gasteiger partial charge < -0.3 is 14.6 Å². The summed E-state index contributed by atoms with van der Waals surface area (Å²) in [6.07, 6.45) is 2.81. The van der Waals surface area contributed by atoms with Crippen molar-refractivity contribution in [3.05, 3.63) is 144 Å². The third kappa shape index (κ3) is 5.02. The number of fused-ring (bicyclic) bond motifs is 2. The molecular formula is C34H28N2O2. The second-order valence-corrected chi connectivity index (χ2v) is 9.43. The van der Waals surface area contributed by atoms with E-state index >= 15 is 0 Å². The van der Waals surface area contributed by atoms with Gasteiger partial charge in [0.1, 0.15) is 11.5 Å². The first-order valence-electron chi connectivity index (χ1n) is 12.9. The SMILES string of the molecule is O=C(c1cccc2ccccc12)N(CCc1c[nH]c2ccccc12)Cc1cccc(Oc2ccccc2)c1. The molecule has 1 amide bonds. The van der Waals surface area contributed by atoms with Crippen LogP contribution in [0.2, 0.25) is 0 Å². The van der Waals surface area contributed by atoms with Crippen LogP contribution in [0.3, 0.4) is 0 Å². The number of nitrogens with one attached hydrogen (secondary N) is 1. The Morgan fingerprint density at radius 3 is 2.32 bits per heavy atom. The zero-order chi connectivity index (χ0) is 25.7. The van der Waals surface area contributed by atoms with E-state index < -0.39 is 0 Å². The summed E-state index contributed by atoms with van der Waals surface area (Å²) in [7, 11) is 0. The number of hydrogen-bond acceptors (Lipinski definition) is 2. The minimum Gasteiger partial charge on any atom is -0.457 e. The minimum atomic E-state index is 0.0241. The summed E-state index contributed by atoms with van der Waals surface area (Å²) >= 11 is 0. The predicted molar refractivity (Wildman–Crippen MR) is 154 cm³/mol. The van der Waals surface area contributed by atoms with Crippen LogP contribution in [-0.2, 0) is 13.0 Å². The highest BCUT2D eigenvalue weighted by atomic mass is 16.5. The molecule has 0 spiro atoms.